The molecule has 2 N–H and O–H groups in total. The highest BCUT2D eigenvalue weighted by Crippen LogP contribution is 2.40. The number of H-pyrrole nitrogens is 1. The molecule has 1 aromatic heterocycles. The first-order valence-electron chi connectivity index (χ1n) is 8.47. The number of imide groups is 1. The van der Waals surface area contributed by atoms with Crippen LogP contribution in [-0.2, 0) is 0 Å². The van der Waals surface area contributed by atoms with Gasteiger partial charge in [0.05, 0.1) is 16.6 Å². The summed E-state index contributed by atoms with van der Waals surface area (Å²) in [6.07, 6.45) is 0. The van der Waals surface area contributed by atoms with Crippen LogP contribution in [0.3, 0.4) is 0 Å². The van der Waals surface area contributed by atoms with Crippen molar-refractivity contribution in [1.29, 1.82) is 0 Å². The average molecular weight is 336 g/mol. The molecule has 0 fully saturated rings. The van der Waals surface area contributed by atoms with Crippen LogP contribution in [0.4, 0.5) is 0 Å². The lowest BCUT2D eigenvalue weighted by Gasteiger charge is -2.08. The van der Waals surface area contributed by atoms with E-state index in [1.165, 1.54) is 0 Å². The normalized spacial score (nSPS) is 13.8. The number of carbonyl (C=O) groups excluding carboxylic acids is 2. The van der Waals surface area contributed by atoms with Crippen LogP contribution < -0.4 is 5.32 Å². The maximum Gasteiger partial charge on any atom is 0.259 e. The van der Waals surface area contributed by atoms with Crippen molar-refractivity contribution in [2.45, 2.75) is 0 Å². The van der Waals surface area contributed by atoms with Gasteiger partial charge in [0.2, 0.25) is 0 Å². The van der Waals surface area contributed by atoms with Crippen molar-refractivity contribution in [2.24, 2.45) is 0 Å². The quantitative estimate of drug-likeness (QED) is 0.323. The summed E-state index contributed by atoms with van der Waals surface area (Å²) in [5.74, 6) is -0.646. The van der Waals surface area contributed by atoms with Crippen LogP contribution >= 0.6 is 0 Å². The van der Waals surface area contributed by atoms with Gasteiger partial charge in [0.15, 0.2) is 0 Å². The molecule has 0 spiro atoms. The van der Waals surface area contributed by atoms with Crippen LogP contribution in [0.25, 0.3) is 43.4 Å². The van der Waals surface area contributed by atoms with Gasteiger partial charge in [0.25, 0.3) is 11.8 Å². The average Bonchev–Trinajstić information content (AvgIpc) is 3.18. The molecule has 122 valence electrons. The van der Waals surface area contributed by atoms with Crippen LogP contribution in [0.5, 0.6) is 0 Å². The van der Waals surface area contributed by atoms with Crippen LogP contribution in [0, 0.1) is 0 Å². The molecule has 4 aromatic carbocycles. The van der Waals surface area contributed by atoms with Crippen LogP contribution in [0.15, 0.2) is 60.7 Å². The summed E-state index contributed by atoms with van der Waals surface area (Å²) < 4.78 is 0. The van der Waals surface area contributed by atoms with Gasteiger partial charge in [-0.3, -0.25) is 14.9 Å². The molecular weight excluding hydrogens is 324 g/mol. The Hall–Kier alpha value is -3.66. The Morgan fingerprint density at radius 1 is 0.654 bits per heavy atom. The molecule has 0 saturated carbocycles. The molecule has 6 rings (SSSR count). The Morgan fingerprint density at radius 2 is 1.31 bits per heavy atom. The lowest BCUT2D eigenvalue weighted by atomic mass is 9.93. The second-order valence-electron chi connectivity index (χ2n) is 6.70. The highest BCUT2D eigenvalue weighted by atomic mass is 16.2. The minimum atomic E-state index is -0.324. The predicted octanol–water partition coefficient (Wildman–Crippen LogP) is 4.51. The van der Waals surface area contributed by atoms with E-state index in [0.717, 1.165) is 43.4 Å². The van der Waals surface area contributed by atoms with E-state index in [4.69, 9.17) is 0 Å². The first-order valence-corrected chi connectivity index (χ1v) is 8.47. The van der Waals surface area contributed by atoms with Crippen LogP contribution in [-0.4, -0.2) is 16.8 Å². The molecule has 0 aliphatic carbocycles. The number of benzene rings is 4. The second kappa shape index (κ2) is 4.49. The van der Waals surface area contributed by atoms with Crippen molar-refractivity contribution in [3.63, 3.8) is 0 Å². The van der Waals surface area contributed by atoms with Gasteiger partial charge < -0.3 is 4.98 Å². The van der Waals surface area contributed by atoms with Gasteiger partial charge in [-0.25, -0.2) is 0 Å². The maximum absolute atomic E-state index is 12.6. The third kappa shape index (κ3) is 1.54. The Labute approximate surface area is 147 Å². The van der Waals surface area contributed by atoms with E-state index < -0.39 is 0 Å². The number of fused-ring (bicyclic) bond motifs is 9. The van der Waals surface area contributed by atoms with Gasteiger partial charge in [-0.1, -0.05) is 42.5 Å². The van der Waals surface area contributed by atoms with Crippen LogP contribution in [0.2, 0.25) is 0 Å². The molecule has 0 saturated heterocycles. The first kappa shape index (κ1) is 13.6. The Morgan fingerprint density at radius 3 is 2.12 bits per heavy atom. The monoisotopic (exact) mass is 336 g/mol. The molecular formula is C22H12N2O2. The molecule has 2 amide bonds. The summed E-state index contributed by atoms with van der Waals surface area (Å²) in [4.78, 5) is 28.6. The van der Waals surface area contributed by atoms with E-state index in [1.54, 1.807) is 0 Å². The molecule has 4 nitrogen and oxygen atoms in total. The number of aromatic amines is 1. The zero-order valence-electron chi connectivity index (χ0n) is 13.6. The lowest BCUT2D eigenvalue weighted by molar-refractivity contribution is 0.0880. The largest absolute Gasteiger partial charge is 0.354 e. The van der Waals surface area contributed by atoms with Gasteiger partial charge in [0, 0.05) is 21.7 Å². The van der Waals surface area contributed by atoms with Gasteiger partial charge in [-0.05, 0) is 34.4 Å². The van der Waals surface area contributed by atoms with E-state index in [2.05, 4.69) is 22.4 Å². The maximum atomic E-state index is 12.6. The van der Waals surface area contributed by atoms with Crippen molar-refractivity contribution in [3.05, 3.63) is 71.8 Å². The van der Waals surface area contributed by atoms with Crippen molar-refractivity contribution in [1.82, 2.24) is 10.3 Å². The molecule has 1 aliphatic rings. The van der Waals surface area contributed by atoms with Crippen molar-refractivity contribution < 1.29 is 9.59 Å². The fraction of sp³-hybridized carbons (Fsp3) is 0. The standard InChI is InChI=1S/C22H12N2O2/c25-21-18-14-9-11-5-1-2-6-12(11)10-15(14)20-17(19(18)22(26)24-21)13-7-3-4-8-16(13)23-20/h1-10,23H,(H,24,25,26). The number of nitrogens with one attached hydrogen (secondary N) is 2. The zero-order chi connectivity index (χ0) is 17.4. The molecule has 0 radical (unpaired) electrons. The van der Waals surface area contributed by atoms with Gasteiger partial charge in [0.1, 0.15) is 0 Å². The van der Waals surface area contributed by atoms with E-state index in [0.29, 0.717) is 11.1 Å². The van der Waals surface area contributed by atoms with Gasteiger partial charge in [-0.15, -0.1) is 0 Å². The smallest absolute Gasteiger partial charge is 0.259 e. The SMILES string of the molecule is O=C1NC(=O)c2c1c1cc3ccccc3cc1c1[nH]c3ccccc3c21. The molecule has 0 atom stereocenters. The Balaban J connectivity index is 1.99. The molecule has 2 heterocycles. The van der Waals surface area contributed by atoms with Gasteiger partial charge >= 0.3 is 0 Å². The summed E-state index contributed by atoms with van der Waals surface area (Å²) in [5, 5.41) is 8.17. The van der Waals surface area contributed by atoms with Crippen LogP contribution in [0.1, 0.15) is 20.7 Å². The summed E-state index contributed by atoms with van der Waals surface area (Å²) in [7, 11) is 0. The zero-order valence-corrected chi connectivity index (χ0v) is 13.6. The number of aromatic nitrogens is 1. The molecule has 26 heavy (non-hydrogen) atoms. The number of amides is 2. The van der Waals surface area contributed by atoms with E-state index >= 15 is 0 Å². The lowest BCUT2D eigenvalue weighted by Crippen LogP contribution is -2.20. The van der Waals surface area contributed by atoms with E-state index in [-0.39, 0.29) is 11.8 Å². The minimum Gasteiger partial charge on any atom is -0.354 e. The van der Waals surface area contributed by atoms with E-state index in [9.17, 15) is 9.59 Å². The van der Waals surface area contributed by atoms with Crippen molar-refractivity contribution >= 4 is 55.2 Å². The summed E-state index contributed by atoms with van der Waals surface area (Å²) in [6.45, 7) is 0. The number of hydrogen-bond acceptors (Lipinski definition) is 2. The van der Waals surface area contributed by atoms with E-state index in [1.807, 2.05) is 48.5 Å². The van der Waals surface area contributed by atoms with Crippen molar-refractivity contribution in [3.8, 4) is 0 Å². The fourth-order valence-corrected chi connectivity index (χ4v) is 4.21. The van der Waals surface area contributed by atoms with Crippen molar-refractivity contribution in [2.75, 3.05) is 0 Å². The summed E-state index contributed by atoms with van der Waals surface area (Å²) >= 11 is 0. The highest BCUT2D eigenvalue weighted by Gasteiger charge is 2.33. The first-order chi connectivity index (χ1) is 12.7. The Bertz CT molecular complexity index is 1440. The predicted molar refractivity (Wildman–Crippen MR) is 103 cm³/mol. The Kier molecular flexibility index (Phi) is 2.35. The fourth-order valence-electron chi connectivity index (χ4n) is 4.21. The number of hydrogen-bond donors (Lipinski definition) is 2. The number of rotatable bonds is 0. The summed E-state index contributed by atoms with van der Waals surface area (Å²) in [6, 6.07) is 20.0. The molecule has 0 bridgehead atoms. The third-order valence-electron chi connectivity index (χ3n) is 5.31. The topological polar surface area (TPSA) is 62.0 Å². The number of carbonyl (C=O) groups is 2. The third-order valence-corrected chi connectivity index (χ3v) is 5.31. The molecule has 1 aliphatic heterocycles. The summed E-state index contributed by atoms with van der Waals surface area (Å²) in [5.41, 5.74) is 2.81. The highest BCUT2D eigenvalue weighted by molar-refractivity contribution is 6.37. The molecule has 4 heteroatoms. The molecule has 5 aromatic rings. The number of para-hydroxylation sites is 1. The minimum absolute atomic E-state index is 0.322. The second-order valence-corrected chi connectivity index (χ2v) is 6.70. The molecule has 0 unspecified atom stereocenters. The van der Waals surface area contributed by atoms with Gasteiger partial charge in [-0.2, -0.15) is 0 Å².